The Hall–Kier alpha value is -0.930. The molecule has 3 heteroatoms. The van der Waals surface area contributed by atoms with Crippen LogP contribution in [0, 0.1) is 17.8 Å². The van der Waals surface area contributed by atoms with E-state index in [9.17, 15) is 5.11 Å². The fourth-order valence-electron chi connectivity index (χ4n) is 3.20. The first-order chi connectivity index (χ1) is 9.70. The molecule has 1 aliphatic rings. The number of nitrogens with one attached hydrogen (secondary N) is 1. The number of aliphatic hydroxyl groups excluding tert-OH is 1. The van der Waals surface area contributed by atoms with E-state index in [1.54, 1.807) is 0 Å². The molecule has 112 valence electrons. The van der Waals surface area contributed by atoms with Crippen molar-refractivity contribution in [1.29, 1.82) is 0 Å². The number of hydrogen-bond donors (Lipinski definition) is 2. The molecule has 1 aromatic heterocycles. The lowest BCUT2D eigenvalue weighted by Gasteiger charge is -2.35. The van der Waals surface area contributed by atoms with Gasteiger partial charge in [0.2, 0.25) is 0 Å². The van der Waals surface area contributed by atoms with Crippen LogP contribution in [0.4, 0.5) is 0 Å². The van der Waals surface area contributed by atoms with Crippen LogP contribution in [0.3, 0.4) is 0 Å². The molecular weight excluding hydrogens is 248 g/mol. The second-order valence-corrected chi connectivity index (χ2v) is 6.36. The van der Waals surface area contributed by atoms with Gasteiger partial charge in [-0.2, -0.15) is 0 Å². The molecule has 0 radical (unpaired) electrons. The van der Waals surface area contributed by atoms with Crippen LogP contribution in [-0.4, -0.2) is 29.3 Å². The summed E-state index contributed by atoms with van der Waals surface area (Å²) in [5, 5.41) is 13.3. The molecule has 0 aliphatic heterocycles. The molecule has 2 N–H and O–H groups in total. The normalized spacial score (nSPS) is 28.2. The van der Waals surface area contributed by atoms with Crippen molar-refractivity contribution in [3.05, 3.63) is 30.1 Å². The molecule has 4 atom stereocenters. The number of nitrogens with zero attached hydrogens (tertiary/aromatic N) is 1. The van der Waals surface area contributed by atoms with E-state index in [-0.39, 0.29) is 12.5 Å². The zero-order valence-electron chi connectivity index (χ0n) is 12.8. The molecule has 1 heterocycles. The predicted octanol–water partition coefficient (Wildman–Crippen LogP) is 2.65. The van der Waals surface area contributed by atoms with E-state index >= 15 is 0 Å². The molecule has 1 aliphatic carbocycles. The fraction of sp³-hybridized carbons (Fsp3) is 0.706. The third kappa shape index (κ3) is 4.29. The van der Waals surface area contributed by atoms with Crippen LogP contribution in [-0.2, 0) is 6.42 Å². The molecule has 0 saturated heterocycles. The van der Waals surface area contributed by atoms with Gasteiger partial charge < -0.3 is 10.4 Å². The molecule has 3 nitrogen and oxygen atoms in total. The van der Waals surface area contributed by atoms with Gasteiger partial charge in [-0.25, -0.2) is 0 Å². The standard InChI is InChI=1S/C17H28N2O/c1-13-6-5-8-17(14(13)2)19-11-15(12-20)10-16-7-3-4-9-18-16/h3-4,7,9,13-15,17,19-20H,5-6,8,10-12H2,1-2H3/t13-,14+,15+,17+/m1/s1. The average Bonchev–Trinajstić information content (AvgIpc) is 2.48. The van der Waals surface area contributed by atoms with Gasteiger partial charge in [0.05, 0.1) is 0 Å². The summed E-state index contributed by atoms with van der Waals surface area (Å²) in [6.45, 7) is 5.82. The molecule has 2 rings (SSSR count). The molecule has 1 saturated carbocycles. The van der Waals surface area contributed by atoms with Crippen molar-refractivity contribution in [2.75, 3.05) is 13.2 Å². The van der Waals surface area contributed by atoms with Gasteiger partial charge in [0.15, 0.2) is 0 Å². The minimum absolute atomic E-state index is 0.222. The number of pyridine rings is 1. The number of aliphatic hydroxyl groups is 1. The Bertz CT molecular complexity index is 382. The highest BCUT2D eigenvalue weighted by Gasteiger charge is 2.27. The van der Waals surface area contributed by atoms with E-state index in [0.29, 0.717) is 6.04 Å². The van der Waals surface area contributed by atoms with Gasteiger partial charge in [0.1, 0.15) is 0 Å². The number of rotatable bonds is 6. The second-order valence-electron chi connectivity index (χ2n) is 6.36. The molecule has 0 amide bonds. The van der Waals surface area contributed by atoms with Gasteiger partial charge in [-0.3, -0.25) is 4.98 Å². The van der Waals surface area contributed by atoms with Crippen molar-refractivity contribution in [2.24, 2.45) is 17.8 Å². The number of aromatic nitrogens is 1. The van der Waals surface area contributed by atoms with E-state index in [0.717, 1.165) is 30.5 Å². The monoisotopic (exact) mass is 276 g/mol. The highest BCUT2D eigenvalue weighted by Crippen LogP contribution is 2.29. The molecule has 0 bridgehead atoms. The van der Waals surface area contributed by atoms with Gasteiger partial charge in [0.25, 0.3) is 0 Å². The summed E-state index contributed by atoms with van der Waals surface area (Å²) in [5.74, 6) is 1.80. The van der Waals surface area contributed by atoms with Crippen LogP contribution in [0.2, 0.25) is 0 Å². The van der Waals surface area contributed by atoms with Crippen LogP contribution >= 0.6 is 0 Å². The summed E-state index contributed by atoms with van der Waals surface area (Å²) < 4.78 is 0. The topological polar surface area (TPSA) is 45.1 Å². The Kier molecular flexibility index (Phi) is 5.99. The first-order valence-corrected chi connectivity index (χ1v) is 7.95. The summed E-state index contributed by atoms with van der Waals surface area (Å²) >= 11 is 0. The van der Waals surface area contributed by atoms with E-state index in [1.807, 2.05) is 24.4 Å². The smallest absolute Gasteiger partial charge is 0.0475 e. The van der Waals surface area contributed by atoms with Crippen LogP contribution in [0.5, 0.6) is 0 Å². The van der Waals surface area contributed by atoms with Crippen molar-refractivity contribution in [3.63, 3.8) is 0 Å². The van der Waals surface area contributed by atoms with Crippen LogP contribution in [0.1, 0.15) is 38.8 Å². The Morgan fingerprint density at radius 2 is 2.20 bits per heavy atom. The summed E-state index contributed by atoms with van der Waals surface area (Å²) in [7, 11) is 0. The van der Waals surface area contributed by atoms with E-state index in [2.05, 4.69) is 24.1 Å². The van der Waals surface area contributed by atoms with Crippen LogP contribution in [0.15, 0.2) is 24.4 Å². The predicted molar refractivity (Wildman–Crippen MR) is 82.5 cm³/mol. The van der Waals surface area contributed by atoms with E-state index < -0.39 is 0 Å². The van der Waals surface area contributed by atoms with Gasteiger partial charge in [-0.15, -0.1) is 0 Å². The second kappa shape index (κ2) is 7.75. The quantitative estimate of drug-likeness (QED) is 0.839. The third-order valence-corrected chi connectivity index (χ3v) is 4.86. The molecule has 1 aromatic rings. The van der Waals surface area contributed by atoms with Gasteiger partial charge in [0, 0.05) is 31.1 Å². The van der Waals surface area contributed by atoms with Gasteiger partial charge in [-0.05, 0) is 42.7 Å². The van der Waals surface area contributed by atoms with Crippen molar-refractivity contribution in [1.82, 2.24) is 10.3 Å². The summed E-state index contributed by atoms with van der Waals surface area (Å²) in [6.07, 6.45) is 6.63. The minimum atomic E-state index is 0.222. The Morgan fingerprint density at radius 3 is 2.90 bits per heavy atom. The maximum atomic E-state index is 9.57. The lowest BCUT2D eigenvalue weighted by molar-refractivity contribution is 0.178. The zero-order valence-corrected chi connectivity index (χ0v) is 12.8. The summed E-state index contributed by atoms with van der Waals surface area (Å²) in [6, 6.07) is 6.58. The van der Waals surface area contributed by atoms with E-state index in [4.69, 9.17) is 0 Å². The Labute approximate surface area is 122 Å². The minimum Gasteiger partial charge on any atom is -0.396 e. The van der Waals surface area contributed by atoms with Crippen LogP contribution in [0.25, 0.3) is 0 Å². The Morgan fingerprint density at radius 1 is 1.35 bits per heavy atom. The fourth-order valence-corrected chi connectivity index (χ4v) is 3.20. The van der Waals surface area contributed by atoms with Crippen molar-refractivity contribution in [2.45, 2.75) is 45.6 Å². The summed E-state index contributed by atoms with van der Waals surface area (Å²) in [4.78, 5) is 4.35. The van der Waals surface area contributed by atoms with Crippen molar-refractivity contribution < 1.29 is 5.11 Å². The first-order valence-electron chi connectivity index (χ1n) is 7.95. The number of hydrogen-bond acceptors (Lipinski definition) is 3. The molecule has 0 unspecified atom stereocenters. The molecule has 20 heavy (non-hydrogen) atoms. The van der Waals surface area contributed by atoms with Crippen molar-refractivity contribution in [3.8, 4) is 0 Å². The molecule has 0 spiro atoms. The van der Waals surface area contributed by atoms with Crippen LogP contribution < -0.4 is 5.32 Å². The molecule has 1 fully saturated rings. The summed E-state index contributed by atoms with van der Waals surface area (Å²) in [5.41, 5.74) is 1.07. The maximum absolute atomic E-state index is 9.57. The lowest BCUT2D eigenvalue weighted by atomic mass is 9.78. The van der Waals surface area contributed by atoms with E-state index in [1.165, 1.54) is 19.3 Å². The first kappa shape index (κ1) is 15.5. The molecular formula is C17H28N2O. The van der Waals surface area contributed by atoms with Gasteiger partial charge >= 0.3 is 0 Å². The highest BCUT2D eigenvalue weighted by atomic mass is 16.3. The highest BCUT2D eigenvalue weighted by molar-refractivity contribution is 5.04. The zero-order chi connectivity index (χ0) is 14.4. The van der Waals surface area contributed by atoms with Gasteiger partial charge in [-0.1, -0.05) is 32.8 Å². The maximum Gasteiger partial charge on any atom is 0.0475 e. The largest absolute Gasteiger partial charge is 0.396 e. The average molecular weight is 276 g/mol. The molecule has 0 aromatic carbocycles. The SMILES string of the molecule is C[C@H]1[C@H](C)CCC[C@@H]1NC[C@@H](CO)Cc1ccccn1. The third-order valence-electron chi connectivity index (χ3n) is 4.86. The lowest BCUT2D eigenvalue weighted by Crippen LogP contribution is -2.43. The van der Waals surface area contributed by atoms with Crippen molar-refractivity contribution >= 4 is 0 Å². The Balaban J connectivity index is 1.81.